The van der Waals surface area contributed by atoms with Gasteiger partial charge < -0.3 is 33.3 Å². The van der Waals surface area contributed by atoms with Crippen LogP contribution in [0.3, 0.4) is 0 Å². The van der Waals surface area contributed by atoms with Crippen molar-refractivity contribution in [2.75, 3.05) is 47.5 Å². The molecule has 0 aliphatic rings. The lowest BCUT2D eigenvalue weighted by Crippen LogP contribution is -2.44. The Morgan fingerprint density at radius 3 is 0.977 bits per heavy atom. The minimum atomic E-state index is -1.62. The molecule has 2 atom stereocenters. The molecule has 0 saturated carbocycles. The summed E-state index contributed by atoms with van der Waals surface area (Å²) in [5.74, 6) is -2.27. The summed E-state index contributed by atoms with van der Waals surface area (Å²) in [7, 11) is 5.94. The number of likely N-dealkylation sites (N-methyl/N-ethyl adjacent to an activating group) is 1. The van der Waals surface area contributed by atoms with Gasteiger partial charge in [-0.3, -0.25) is 9.59 Å². The molecule has 0 radical (unpaired) electrons. The Labute approximate surface area is 538 Å². The van der Waals surface area contributed by atoms with Crippen LogP contribution in [-0.4, -0.2) is 82.3 Å². The third-order valence-electron chi connectivity index (χ3n) is 16.5. The van der Waals surface area contributed by atoms with E-state index in [0.29, 0.717) is 23.9 Å². The van der Waals surface area contributed by atoms with Gasteiger partial charge in [-0.25, -0.2) is 0 Å². The van der Waals surface area contributed by atoms with Gasteiger partial charge in [0.15, 0.2) is 12.4 Å². The Morgan fingerprint density at radius 2 is 0.655 bits per heavy atom. The van der Waals surface area contributed by atoms with Crippen molar-refractivity contribution in [2.24, 2.45) is 0 Å². The lowest BCUT2D eigenvalue weighted by molar-refractivity contribution is -0.870. The van der Waals surface area contributed by atoms with E-state index in [9.17, 15) is 19.5 Å². The Hall–Kier alpha value is -3.27. The molecule has 0 amide bonds. The maximum Gasteiger partial charge on any atom is 0.306 e. The van der Waals surface area contributed by atoms with Crippen LogP contribution < -0.4 is 5.11 Å². The number of unbranched alkanes of at least 4 members (excludes halogenated alkanes) is 42. The van der Waals surface area contributed by atoms with Gasteiger partial charge in [0.1, 0.15) is 13.2 Å². The quantitative estimate of drug-likeness (QED) is 0.0195. The highest BCUT2D eigenvalue weighted by molar-refractivity contribution is 5.70. The normalized spacial score (nSPS) is 13.1. The Bertz CT molecular complexity index is 1660. The number of carboxylic acids is 1. The zero-order valence-electron chi connectivity index (χ0n) is 57.9. The van der Waals surface area contributed by atoms with Crippen molar-refractivity contribution in [3.63, 3.8) is 0 Å². The van der Waals surface area contributed by atoms with E-state index in [0.717, 1.165) is 77.0 Å². The molecule has 0 aromatic rings. The van der Waals surface area contributed by atoms with Gasteiger partial charge in [-0.15, -0.1) is 0 Å². The van der Waals surface area contributed by atoms with E-state index in [1.165, 1.54) is 238 Å². The summed E-state index contributed by atoms with van der Waals surface area (Å²) in [6, 6.07) is 0. The smallest absolute Gasteiger partial charge is 0.306 e. The molecule has 9 nitrogen and oxygen atoms in total. The topological polar surface area (TPSA) is 111 Å². The molecule has 0 bridgehead atoms. The van der Waals surface area contributed by atoms with Crippen LogP contribution in [0, 0.1) is 0 Å². The first kappa shape index (κ1) is 83.7. The Kier molecular flexibility index (Phi) is 66.1. The van der Waals surface area contributed by atoms with Crippen LogP contribution in [-0.2, 0) is 33.3 Å². The number of aliphatic carboxylic acids is 1. The molecule has 0 spiro atoms. The molecule has 0 saturated heterocycles. The number of carboxylic acid groups (broad SMARTS) is 1. The summed E-state index contributed by atoms with van der Waals surface area (Å²) < 4.78 is 22.8. The molecule has 0 rings (SSSR count). The number of carbonyl (C=O) groups is 3. The molecule has 2 unspecified atom stereocenters. The number of ether oxygens (including phenoxy) is 4. The number of esters is 2. The highest BCUT2D eigenvalue weighted by Crippen LogP contribution is 2.19. The van der Waals surface area contributed by atoms with Gasteiger partial charge in [-0.1, -0.05) is 344 Å². The number of carbonyl (C=O) groups excluding carboxylic acids is 3. The third kappa shape index (κ3) is 70.1. The minimum Gasteiger partial charge on any atom is -0.545 e. The van der Waals surface area contributed by atoms with Gasteiger partial charge in [0, 0.05) is 12.8 Å². The maximum absolute atomic E-state index is 12.9. The first-order valence-corrected chi connectivity index (χ1v) is 37.1. The van der Waals surface area contributed by atoms with Crippen LogP contribution in [0.4, 0.5) is 0 Å². The standard InChI is InChI=1S/C78H141NO8/c1-6-8-10-12-14-16-18-20-22-24-26-28-30-32-34-36-38-40-42-44-46-48-50-52-54-56-58-60-62-64-66-68-75(80)85-72-74(73-86-78(77(82)83)84-71-70-79(3,4)5)87-76(81)69-67-65-63-61-59-57-55-53-51-49-47-45-43-41-39-37-35-33-31-29-27-25-23-21-19-17-15-13-11-9-7-2/h9,11,15,17,21,23,27,29,33,35,39,41,74,78H,6-8,10,12-14,16,18-20,22,24-26,28,30-32,34,36-38,40,42-73H2,1-5H3/b11-9-,17-15-,23-21-,29-27-,35-33-,41-39-. The second-order valence-corrected chi connectivity index (χ2v) is 26.2. The second-order valence-electron chi connectivity index (χ2n) is 26.2. The molecule has 9 heteroatoms. The van der Waals surface area contributed by atoms with Crippen molar-refractivity contribution in [3.8, 4) is 0 Å². The van der Waals surface area contributed by atoms with Gasteiger partial charge in [0.2, 0.25) is 0 Å². The van der Waals surface area contributed by atoms with E-state index >= 15 is 0 Å². The second kappa shape index (κ2) is 68.6. The van der Waals surface area contributed by atoms with Gasteiger partial charge >= 0.3 is 11.9 Å². The molecule has 506 valence electrons. The first-order chi connectivity index (χ1) is 42.6. The van der Waals surface area contributed by atoms with Gasteiger partial charge in [0.05, 0.1) is 40.3 Å². The van der Waals surface area contributed by atoms with Crippen LogP contribution >= 0.6 is 0 Å². The lowest BCUT2D eigenvalue weighted by atomic mass is 10.0. The predicted molar refractivity (Wildman–Crippen MR) is 371 cm³/mol. The summed E-state index contributed by atoms with van der Waals surface area (Å²) in [6.07, 6.45) is 88.6. The number of nitrogens with zero attached hydrogens (tertiary/aromatic N) is 1. The van der Waals surface area contributed by atoms with Gasteiger partial charge in [-0.2, -0.15) is 0 Å². The van der Waals surface area contributed by atoms with Crippen molar-refractivity contribution in [2.45, 2.75) is 360 Å². The SMILES string of the molecule is CC/C=C\C/C=C\C/C=C\C/C=C\C/C=C\C/C=C\CCCCCCCCCCCCCCC(=O)OC(COC(=O)CCCCCCCCCCCCCCCCCCCCCCCCCCCCCCCCC)COC(OCC[N+](C)(C)C)C(=O)[O-]. The van der Waals surface area contributed by atoms with Crippen LogP contribution in [0.15, 0.2) is 72.9 Å². The average Bonchev–Trinajstić information content (AvgIpc) is 3.56. The van der Waals surface area contributed by atoms with Crippen LogP contribution in [0.1, 0.15) is 348 Å². The van der Waals surface area contributed by atoms with Gasteiger partial charge in [-0.05, 0) is 64.2 Å². The number of hydrogen-bond donors (Lipinski definition) is 0. The van der Waals surface area contributed by atoms with Crippen LogP contribution in [0.25, 0.3) is 0 Å². The van der Waals surface area contributed by atoms with Crippen molar-refractivity contribution in [1.82, 2.24) is 0 Å². The fourth-order valence-corrected chi connectivity index (χ4v) is 10.8. The average molecular weight is 1220 g/mol. The third-order valence-corrected chi connectivity index (χ3v) is 16.5. The first-order valence-electron chi connectivity index (χ1n) is 37.1. The summed E-state index contributed by atoms with van der Waals surface area (Å²) in [6.45, 7) is 4.69. The molecule has 0 fully saturated rings. The molecule has 0 N–H and O–H groups in total. The fourth-order valence-electron chi connectivity index (χ4n) is 10.8. The maximum atomic E-state index is 12.9. The number of allylic oxidation sites excluding steroid dienone is 12. The largest absolute Gasteiger partial charge is 0.545 e. The lowest BCUT2D eigenvalue weighted by Gasteiger charge is -2.26. The number of rotatable bonds is 69. The van der Waals surface area contributed by atoms with Crippen LogP contribution in [0.5, 0.6) is 0 Å². The highest BCUT2D eigenvalue weighted by Gasteiger charge is 2.22. The van der Waals surface area contributed by atoms with Gasteiger partial charge in [0.25, 0.3) is 0 Å². The Balaban J connectivity index is 4.06. The number of hydrogen-bond acceptors (Lipinski definition) is 8. The molecule has 0 aromatic heterocycles. The van der Waals surface area contributed by atoms with E-state index < -0.39 is 24.3 Å². The van der Waals surface area contributed by atoms with Crippen LogP contribution in [0.2, 0.25) is 0 Å². The summed E-state index contributed by atoms with van der Waals surface area (Å²) >= 11 is 0. The molecule has 0 aliphatic heterocycles. The van der Waals surface area contributed by atoms with E-state index in [-0.39, 0.29) is 32.2 Å². The van der Waals surface area contributed by atoms with Crippen molar-refractivity contribution in [1.29, 1.82) is 0 Å². The zero-order chi connectivity index (χ0) is 63.3. The zero-order valence-corrected chi connectivity index (χ0v) is 57.9. The van der Waals surface area contributed by atoms with Crippen molar-refractivity contribution < 1.29 is 42.9 Å². The molecular weight excluding hydrogens is 1080 g/mol. The highest BCUT2D eigenvalue weighted by atomic mass is 16.7. The number of quaternary nitrogens is 1. The summed E-state index contributed by atoms with van der Waals surface area (Å²) in [5, 5.41) is 11.8. The van der Waals surface area contributed by atoms with Crippen molar-refractivity contribution in [3.05, 3.63) is 72.9 Å². The molecule has 0 aromatic carbocycles. The van der Waals surface area contributed by atoms with E-state index in [1.807, 2.05) is 21.1 Å². The molecular formula is C78H141NO8. The van der Waals surface area contributed by atoms with E-state index in [1.54, 1.807) is 0 Å². The molecule has 0 heterocycles. The summed E-state index contributed by atoms with van der Waals surface area (Å²) in [4.78, 5) is 37.5. The minimum absolute atomic E-state index is 0.147. The predicted octanol–water partition coefficient (Wildman–Crippen LogP) is 21.9. The van der Waals surface area contributed by atoms with E-state index in [2.05, 4.69) is 86.8 Å². The van der Waals surface area contributed by atoms with Crippen molar-refractivity contribution >= 4 is 17.9 Å². The molecule has 0 aliphatic carbocycles. The summed E-state index contributed by atoms with van der Waals surface area (Å²) in [5.41, 5.74) is 0. The van der Waals surface area contributed by atoms with E-state index in [4.69, 9.17) is 18.9 Å². The molecule has 87 heavy (non-hydrogen) atoms. The monoisotopic (exact) mass is 1220 g/mol. The Morgan fingerprint density at radius 1 is 0.356 bits per heavy atom. The fraction of sp³-hybridized carbons (Fsp3) is 0.808.